The topological polar surface area (TPSA) is 96.2 Å². The molecule has 1 aromatic carbocycles. The summed E-state index contributed by atoms with van der Waals surface area (Å²) in [5.74, 6) is 0.733. The molecule has 1 fully saturated rings. The second-order valence-corrected chi connectivity index (χ2v) is 7.85. The van der Waals surface area contributed by atoms with E-state index in [2.05, 4.69) is 25.2 Å². The predicted molar refractivity (Wildman–Crippen MR) is 116 cm³/mol. The molecule has 0 saturated carbocycles. The molecule has 2 aliphatic rings. The second kappa shape index (κ2) is 7.81. The fourth-order valence-corrected chi connectivity index (χ4v) is 4.48. The summed E-state index contributed by atoms with van der Waals surface area (Å²) in [6.07, 6.45) is 1.81. The predicted octanol–water partition coefficient (Wildman–Crippen LogP) is 2.12. The third kappa shape index (κ3) is 3.24. The van der Waals surface area contributed by atoms with Gasteiger partial charge in [-0.3, -0.25) is 14.2 Å². The molecule has 5 rings (SSSR count). The molecule has 0 radical (unpaired) electrons. The Morgan fingerprint density at radius 3 is 2.88 bits per heavy atom. The first-order chi connectivity index (χ1) is 15.5. The van der Waals surface area contributed by atoms with Gasteiger partial charge in [-0.2, -0.15) is 4.98 Å². The van der Waals surface area contributed by atoms with E-state index in [1.54, 1.807) is 24.1 Å². The monoisotopic (exact) mass is 441 g/mol. The van der Waals surface area contributed by atoms with Crippen molar-refractivity contribution in [3.8, 4) is 0 Å². The molecule has 4 heterocycles. The number of amides is 1. The Morgan fingerprint density at radius 2 is 2.09 bits per heavy atom. The third-order valence-electron chi connectivity index (χ3n) is 5.97. The van der Waals surface area contributed by atoms with Gasteiger partial charge >= 0.3 is 0 Å². The van der Waals surface area contributed by atoms with Crippen LogP contribution in [0.25, 0.3) is 10.9 Å². The first-order valence-corrected chi connectivity index (χ1v) is 10.4. The minimum Gasteiger partial charge on any atom is -0.357 e. The van der Waals surface area contributed by atoms with Gasteiger partial charge in [0.05, 0.1) is 23.9 Å². The van der Waals surface area contributed by atoms with Crippen LogP contribution in [0.5, 0.6) is 0 Å². The van der Waals surface area contributed by atoms with Crippen LogP contribution in [0.1, 0.15) is 23.2 Å². The summed E-state index contributed by atoms with van der Waals surface area (Å²) in [7, 11) is 1.72. The second-order valence-electron chi connectivity index (χ2n) is 7.85. The summed E-state index contributed by atoms with van der Waals surface area (Å²) in [6.45, 7) is 0.445. The van der Waals surface area contributed by atoms with E-state index >= 15 is 0 Å². The molecule has 1 atom stereocenters. The lowest BCUT2D eigenvalue weighted by atomic mass is 10.1. The highest BCUT2D eigenvalue weighted by Crippen LogP contribution is 2.35. The zero-order valence-corrected chi connectivity index (χ0v) is 17.3. The number of anilines is 3. The van der Waals surface area contributed by atoms with Gasteiger partial charge in [-0.1, -0.05) is 6.07 Å². The number of hydrogen-bond donors (Lipinski definition) is 1. The highest BCUT2D eigenvalue weighted by atomic mass is 19.3. The number of benzene rings is 1. The van der Waals surface area contributed by atoms with Crippen molar-refractivity contribution in [2.45, 2.75) is 31.9 Å². The Labute approximate surface area is 181 Å². The van der Waals surface area contributed by atoms with Crippen LogP contribution < -0.4 is 20.7 Å². The average molecular weight is 441 g/mol. The maximum absolute atomic E-state index is 13.6. The maximum Gasteiger partial charge on any atom is 0.263 e. The zero-order chi connectivity index (χ0) is 22.4. The first kappa shape index (κ1) is 20.3. The van der Waals surface area contributed by atoms with Crippen molar-refractivity contribution in [1.29, 1.82) is 0 Å². The number of nitrogens with zero attached hydrogens (tertiary/aromatic N) is 6. The SMILES string of the molecule is CNc1ncc2c(n1)N1CCC[C@H]1CN(c1cccc3c(=O)n(CC(F)F)cnc13)C2=O. The van der Waals surface area contributed by atoms with Crippen LogP contribution in [-0.4, -0.2) is 58.0 Å². The quantitative estimate of drug-likeness (QED) is 0.663. The van der Waals surface area contributed by atoms with Crippen molar-refractivity contribution in [2.75, 3.05) is 35.3 Å². The molecular formula is C21H21F2N7O2. The van der Waals surface area contributed by atoms with Crippen molar-refractivity contribution >= 4 is 34.3 Å². The van der Waals surface area contributed by atoms with E-state index in [1.807, 2.05) is 0 Å². The summed E-state index contributed by atoms with van der Waals surface area (Å²) in [5, 5.41) is 3.10. The summed E-state index contributed by atoms with van der Waals surface area (Å²) in [6, 6.07) is 4.95. The molecular weight excluding hydrogens is 420 g/mol. The molecule has 1 N–H and O–H groups in total. The third-order valence-corrected chi connectivity index (χ3v) is 5.97. The lowest BCUT2D eigenvalue weighted by molar-refractivity contribution is 0.0988. The number of fused-ring (bicyclic) bond motifs is 4. The van der Waals surface area contributed by atoms with Crippen molar-refractivity contribution in [3.63, 3.8) is 0 Å². The number of para-hydroxylation sites is 1. The minimum atomic E-state index is -2.67. The molecule has 1 saturated heterocycles. The fraction of sp³-hybridized carbons (Fsp3) is 0.381. The smallest absolute Gasteiger partial charge is 0.263 e. The van der Waals surface area contributed by atoms with Crippen molar-refractivity contribution < 1.29 is 13.6 Å². The summed E-state index contributed by atoms with van der Waals surface area (Å²) < 4.78 is 26.5. The number of nitrogens with one attached hydrogen (secondary N) is 1. The standard InChI is InChI=1S/C21H21F2N7O2/c1-24-21-25-8-14-18(27-21)29-7-3-4-12(29)9-30(20(14)32)15-6-2-5-13-17(15)26-11-28(19(13)31)10-16(22)23/h2,5-6,8,11-12,16H,3-4,7,9-10H2,1H3,(H,24,25,27)/t12-/m0/s1. The Kier molecular flexibility index (Phi) is 4.95. The maximum atomic E-state index is 13.6. The highest BCUT2D eigenvalue weighted by molar-refractivity contribution is 6.13. The minimum absolute atomic E-state index is 0.0502. The lowest BCUT2D eigenvalue weighted by Gasteiger charge is -2.27. The molecule has 2 aromatic heterocycles. The number of rotatable bonds is 4. The van der Waals surface area contributed by atoms with Gasteiger partial charge in [0.25, 0.3) is 17.9 Å². The molecule has 3 aromatic rings. The van der Waals surface area contributed by atoms with Crippen LogP contribution in [0, 0.1) is 0 Å². The molecule has 0 unspecified atom stereocenters. The Morgan fingerprint density at radius 1 is 1.25 bits per heavy atom. The highest BCUT2D eigenvalue weighted by Gasteiger charge is 2.38. The van der Waals surface area contributed by atoms with Gasteiger partial charge in [0.1, 0.15) is 16.9 Å². The van der Waals surface area contributed by atoms with Crippen LogP contribution in [0.15, 0.2) is 35.5 Å². The molecule has 9 nitrogen and oxygen atoms in total. The van der Waals surface area contributed by atoms with Gasteiger partial charge in [-0.05, 0) is 25.0 Å². The molecule has 0 aliphatic carbocycles. The molecule has 1 amide bonds. The van der Waals surface area contributed by atoms with Crippen molar-refractivity contribution in [3.05, 3.63) is 46.6 Å². The van der Waals surface area contributed by atoms with E-state index in [0.29, 0.717) is 35.1 Å². The molecule has 0 bridgehead atoms. The Balaban J connectivity index is 1.65. The summed E-state index contributed by atoms with van der Waals surface area (Å²) in [5.41, 5.74) is 0.573. The first-order valence-electron chi connectivity index (χ1n) is 10.4. The van der Waals surface area contributed by atoms with Crippen molar-refractivity contribution in [1.82, 2.24) is 19.5 Å². The molecule has 166 valence electrons. The summed E-state index contributed by atoms with van der Waals surface area (Å²) in [4.78, 5) is 43.1. The largest absolute Gasteiger partial charge is 0.357 e. The number of halogens is 2. The Hall–Kier alpha value is -3.63. The van der Waals surface area contributed by atoms with Crippen LogP contribution in [-0.2, 0) is 6.54 Å². The zero-order valence-electron chi connectivity index (χ0n) is 17.3. The van der Waals surface area contributed by atoms with Crippen LogP contribution in [0.4, 0.5) is 26.2 Å². The number of aromatic nitrogens is 4. The number of hydrogen-bond acceptors (Lipinski definition) is 7. The Bertz CT molecular complexity index is 1260. The summed E-state index contributed by atoms with van der Waals surface area (Å²) >= 11 is 0. The van der Waals surface area contributed by atoms with Gasteiger partial charge in [0.15, 0.2) is 0 Å². The van der Waals surface area contributed by atoms with Crippen LogP contribution in [0.3, 0.4) is 0 Å². The molecule has 2 aliphatic heterocycles. The van der Waals surface area contributed by atoms with Crippen LogP contribution >= 0.6 is 0 Å². The van der Waals surface area contributed by atoms with Gasteiger partial charge in [-0.15, -0.1) is 0 Å². The van der Waals surface area contributed by atoms with Gasteiger partial charge in [0.2, 0.25) is 5.95 Å². The van der Waals surface area contributed by atoms with Crippen LogP contribution in [0.2, 0.25) is 0 Å². The number of alkyl halides is 2. The fourth-order valence-electron chi connectivity index (χ4n) is 4.48. The van der Waals surface area contributed by atoms with E-state index in [-0.39, 0.29) is 17.3 Å². The molecule has 0 spiro atoms. The van der Waals surface area contributed by atoms with E-state index in [4.69, 9.17) is 0 Å². The number of carbonyl (C=O) groups is 1. The lowest BCUT2D eigenvalue weighted by Crippen LogP contribution is -2.40. The van der Waals surface area contributed by atoms with E-state index in [0.717, 1.165) is 30.3 Å². The average Bonchev–Trinajstić information content (AvgIpc) is 3.22. The van der Waals surface area contributed by atoms with E-state index in [9.17, 15) is 18.4 Å². The normalized spacial score (nSPS) is 18.1. The molecule has 32 heavy (non-hydrogen) atoms. The van der Waals surface area contributed by atoms with Crippen molar-refractivity contribution in [2.24, 2.45) is 0 Å². The van der Waals surface area contributed by atoms with Gasteiger partial charge < -0.3 is 15.1 Å². The van der Waals surface area contributed by atoms with E-state index in [1.165, 1.54) is 12.3 Å². The van der Waals surface area contributed by atoms with Gasteiger partial charge in [-0.25, -0.2) is 18.7 Å². The number of carbonyl (C=O) groups excluding carboxylic acids is 1. The van der Waals surface area contributed by atoms with E-state index < -0.39 is 18.5 Å². The molecule has 11 heteroatoms. The van der Waals surface area contributed by atoms with Gasteiger partial charge in [0, 0.05) is 32.4 Å².